The van der Waals surface area contributed by atoms with E-state index in [0.717, 1.165) is 10.6 Å². The van der Waals surface area contributed by atoms with Crippen molar-refractivity contribution >= 4 is 52.5 Å². The highest BCUT2D eigenvalue weighted by Crippen LogP contribution is 2.64. The number of imide groups is 2. The summed E-state index contributed by atoms with van der Waals surface area (Å²) in [6.45, 7) is 0.148. The minimum atomic E-state index is -1.59. The van der Waals surface area contributed by atoms with E-state index in [2.05, 4.69) is 5.43 Å². The summed E-state index contributed by atoms with van der Waals surface area (Å²) in [5.74, 6) is -6.17. The van der Waals surface area contributed by atoms with E-state index in [-0.39, 0.29) is 47.7 Å². The number of carbonyl (C=O) groups excluding carboxylic acids is 4. The number of hydrazine groups is 1. The molecule has 4 amide bonds. The number of likely N-dealkylation sites (tertiary alicyclic amines) is 1. The number of halogens is 3. The molecule has 0 aromatic heterocycles. The lowest BCUT2D eigenvalue weighted by molar-refractivity contribution is -0.141. The molecule has 2 aliphatic heterocycles. The number of phenols is 2. The van der Waals surface area contributed by atoms with Crippen LogP contribution in [0.4, 0.5) is 10.1 Å². The summed E-state index contributed by atoms with van der Waals surface area (Å²) in [7, 11) is 0. The largest absolute Gasteiger partial charge is 0.508 e. The number of fused-ring (bicyclic) bond motifs is 4. The molecule has 0 unspecified atom stereocenters. The molecule has 52 heavy (non-hydrogen) atoms. The van der Waals surface area contributed by atoms with E-state index < -0.39 is 52.6 Å². The molecule has 264 valence electrons. The minimum Gasteiger partial charge on any atom is -0.508 e. The fourth-order valence-corrected chi connectivity index (χ4v) is 9.35. The summed E-state index contributed by atoms with van der Waals surface area (Å²) >= 11 is 13.2. The third-order valence-electron chi connectivity index (χ3n) is 11.2. The Balaban J connectivity index is 1.26. The molecular weight excluding hydrogens is 708 g/mol. The predicted octanol–water partition coefficient (Wildman–Crippen LogP) is 6.77. The van der Waals surface area contributed by atoms with Crippen LogP contribution in [0.2, 0.25) is 10.0 Å². The number of rotatable bonds is 7. The molecule has 6 atom stereocenters. The standard InChI is InChI=1S/C40H32Cl2FN3O6/c41-23-5-3-22(4-6-23)40-32(37(50)46(39(40)52)44-25-9-7-24(43)8-10-25)20-31-28(35(40)29-14-13-27(48)19-33(29)42)15-16-30-34(31)38(51)45(36(30)49)18-17-21-1-11-26(47)12-2-21/h1-15,19,30-32,34-35,44,47-48H,16-18,20H2/t30-,31+,32-,34-,35+,40+/m0/s1. The average Bonchev–Trinajstić information content (AvgIpc) is 3.50. The van der Waals surface area contributed by atoms with Gasteiger partial charge in [0.15, 0.2) is 0 Å². The molecule has 0 radical (unpaired) electrons. The van der Waals surface area contributed by atoms with Crippen LogP contribution in [-0.4, -0.2) is 50.3 Å². The molecule has 4 aliphatic rings. The lowest BCUT2D eigenvalue weighted by atomic mass is 9.49. The highest BCUT2D eigenvalue weighted by atomic mass is 35.5. The van der Waals surface area contributed by atoms with Crippen molar-refractivity contribution in [3.8, 4) is 11.5 Å². The first-order valence-electron chi connectivity index (χ1n) is 17.0. The number of allylic oxidation sites excluding steroid dienone is 2. The normalized spacial score (nSPS) is 26.6. The summed E-state index contributed by atoms with van der Waals surface area (Å²) in [4.78, 5) is 59.4. The summed E-state index contributed by atoms with van der Waals surface area (Å²) < 4.78 is 13.8. The number of anilines is 1. The number of benzene rings is 4. The first-order chi connectivity index (χ1) is 25.0. The van der Waals surface area contributed by atoms with Crippen LogP contribution in [0.25, 0.3) is 0 Å². The van der Waals surface area contributed by atoms with Crippen molar-refractivity contribution in [1.29, 1.82) is 0 Å². The number of hydrogen-bond donors (Lipinski definition) is 3. The van der Waals surface area contributed by atoms with Crippen LogP contribution >= 0.6 is 23.2 Å². The zero-order valence-corrected chi connectivity index (χ0v) is 29.0. The Morgan fingerprint density at radius 2 is 1.50 bits per heavy atom. The molecule has 8 rings (SSSR count). The third-order valence-corrected chi connectivity index (χ3v) is 11.8. The summed E-state index contributed by atoms with van der Waals surface area (Å²) in [5, 5.41) is 21.6. The smallest absolute Gasteiger partial charge is 0.260 e. The van der Waals surface area contributed by atoms with E-state index in [0.29, 0.717) is 33.8 Å². The Morgan fingerprint density at radius 1 is 0.808 bits per heavy atom. The monoisotopic (exact) mass is 739 g/mol. The SMILES string of the molecule is O=C1[C@H]2[C@H](CC=C3[C@H]2C[C@H]2C(=O)N(Nc4ccc(F)cc4)C(=O)[C@@]2(c2ccc(Cl)cc2)[C@H]3c2ccc(O)cc2Cl)C(=O)N1CCc1ccc(O)cc1. The van der Waals surface area contributed by atoms with Crippen molar-refractivity contribution in [2.45, 2.75) is 30.6 Å². The van der Waals surface area contributed by atoms with Crippen molar-refractivity contribution in [2.24, 2.45) is 23.7 Å². The molecule has 4 aromatic carbocycles. The second-order valence-electron chi connectivity index (χ2n) is 13.8. The van der Waals surface area contributed by atoms with E-state index >= 15 is 4.79 Å². The van der Waals surface area contributed by atoms with Crippen LogP contribution in [0.3, 0.4) is 0 Å². The van der Waals surface area contributed by atoms with Gasteiger partial charge in [-0.25, -0.2) is 4.39 Å². The van der Waals surface area contributed by atoms with Gasteiger partial charge in [-0.3, -0.25) is 29.5 Å². The lowest BCUT2D eigenvalue weighted by Gasteiger charge is -2.50. The first-order valence-corrected chi connectivity index (χ1v) is 17.7. The van der Waals surface area contributed by atoms with Crippen LogP contribution < -0.4 is 5.43 Å². The Hall–Kier alpha value is -5.19. The van der Waals surface area contributed by atoms with Crippen LogP contribution in [0.15, 0.2) is 103 Å². The maximum Gasteiger partial charge on any atom is 0.260 e. The molecule has 0 spiro atoms. The van der Waals surface area contributed by atoms with Gasteiger partial charge in [-0.2, -0.15) is 5.01 Å². The van der Waals surface area contributed by atoms with E-state index in [1.807, 2.05) is 6.08 Å². The van der Waals surface area contributed by atoms with Gasteiger partial charge in [-0.1, -0.05) is 65.2 Å². The van der Waals surface area contributed by atoms with E-state index in [9.17, 15) is 29.0 Å². The van der Waals surface area contributed by atoms with Gasteiger partial charge in [0.25, 0.3) is 11.8 Å². The van der Waals surface area contributed by atoms with Gasteiger partial charge in [0, 0.05) is 22.5 Å². The van der Waals surface area contributed by atoms with Crippen LogP contribution in [0.1, 0.15) is 35.4 Å². The molecule has 2 aliphatic carbocycles. The molecule has 9 nitrogen and oxygen atoms in total. The van der Waals surface area contributed by atoms with Gasteiger partial charge in [0.2, 0.25) is 11.8 Å². The molecular formula is C40H32Cl2FN3O6. The molecule has 2 heterocycles. The molecule has 12 heteroatoms. The van der Waals surface area contributed by atoms with Gasteiger partial charge < -0.3 is 10.2 Å². The van der Waals surface area contributed by atoms with Gasteiger partial charge in [0.1, 0.15) is 17.3 Å². The lowest BCUT2D eigenvalue weighted by Crippen LogP contribution is -2.53. The fraction of sp³-hybridized carbons (Fsp3) is 0.250. The van der Waals surface area contributed by atoms with Crippen LogP contribution in [0.5, 0.6) is 11.5 Å². The van der Waals surface area contributed by atoms with Crippen molar-refractivity contribution in [1.82, 2.24) is 9.91 Å². The summed E-state index contributed by atoms with van der Waals surface area (Å²) in [6, 6.07) is 23.0. The predicted molar refractivity (Wildman–Crippen MR) is 191 cm³/mol. The Labute approximate surface area is 308 Å². The molecule has 3 fully saturated rings. The van der Waals surface area contributed by atoms with Crippen LogP contribution in [0, 0.1) is 29.5 Å². The molecule has 2 saturated heterocycles. The van der Waals surface area contributed by atoms with Gasteiger partial charge >= 0.3 is 0 Å². The number of hydrogen-bond acceptors (Lipinski definition) is 7. The quantitative estimate of drug-likeness (QED) is 0.141. The summed E-state index contributed by atoms with van der Waals surface area (Å²) in [6.07, 6.45) is 2.64. The number of phenolic OH excluding ortho intramolecular Hbond substituents is 2. The van der Waals surface area contributed by atoms with E-state index in [4.69, 9.17) is 23.2 Å². The zero-order valence-electron chi connectivity index (χ0n) is 27.5. The van der Waals surface area contributed by atoms with Crippen molar-refractivity contribution in [3.05, 3.63) is 135 Å². The van der Waals surface area contributed by atoms with Gasteiger partial charge in [0.05, 0.1) is 28.9 Å². The minimum absolute atomic E-state index is 0.0822. The number of nitrogens with one attached hydrogen (secondary N) is 1. The van der Waals surface area contributed by atoms with E-state index in [1.54, 1.807) is 54.6 Å². The summed E-state index contributed by atoms with van der Waals surface area (Å²) in [5.41, 5.74) is 4.18. The highest BCUT2D eigenvalue weighted by Gasteiger charge is 2.70. The zero-order chi connectivity index (χ0) is 36.5. The Bertz CT molecular complexity index is 2160. The average molecular weight is 741 g/mol. The Morgan fingerprint density at radius 3 is 2.19 bits per heavy atom. The number of carbonyl (C=O) groups is 4. The van der Waals surface area contributed by atoms with Crippen molar-refractivity contribution in [2.75, 3.05) is 12.0 Å². The second kappa shape index (κ2) is 12.8. The fourth-order valence-electron chi connectivity index (χ4n) is 8.94. The molecule has 4 aromatic rings. The highest BCUT2D eigenvalue weighted by molar-refractivity contribution is 6.32. The van der Waals surface area contributed by atoms with Gasteiger partial charge in [-0.15, -0.1) is 0 Å². The van der Waals surface area contributed by atoms with Crippen molar-refractivity contribution in [3.63, 3.8) is 0 Å². The molecule has 3 N–H and O–H groups in total. The number of aromatic hydroxyl groups is 2. The second-order valence-corrected chi connectivity index (χ2v) is 14.7. The maximum absolute atomic E-state index is 15.2. The van der Waals surface area contributed by atoms with Crippen molar-refractivity contribution < 1.29 is 33.8 Å². The number of nitrogens with zero attached hydrogens (tertiary/aromatic N) is 2. The topological polar surface area (TPSA) is 127 Å². The number of amides is 4. The maximum atomic E-state index is 15.2. The molecule has 1 saturated carbocycles. The van der Waals surface area contributed by atoms with E-state index in [1.165, 1.54) is 41.3 Å². The van der Waals surface area contributed by atoms with Crippen LogP contribution in [-0.2, 0) is 31.0 Å². The first kappa shape index (κ1) is 33.9. The third kappa shape index (κ3) is 5.26. The molecule has 0 bridgehead atoms. The Kier molecular flexibility index (Phi) is 8.34. The van der Waals surface area contributed by atoms with Gasteiger partial charge in [-0.05, 0) is 103 Å².